The molecule has 1 aromatic heterocycles. The summed E-state index contributed by atoms with van der Waals surface area (Å²) in [7, 11) is 0. The number of fused-ring (bicyclic) bond motifs is 1. The van der Waals surface area contributed by atoms with Gasteiger partial charge >= 0.3 is 6.03 Å². The minimum Gasteiger partial charge on any atom is -0.352 e. The summed E-state index contributed by atoms with van der Waals surface area (Å²) in [6, 6.07) is 20.7. The normalized spacial score (nSPS) is 12.7. The summed E-state index contributed by atoms with van der Waals surface area (Å²) < 4.78 is 0. The largest absolute Gasteiger partial charge is 0.352 e. The lowest BCUT2D eigenvalue weighted by molar-refractivity contribution is 0.0953. The molecular weight excluding hydrogens is 408 g/mol. The SMILES string of the molecule is O=C(NCCCc1ccccc1)c1cccc(NC(=O)N2CCSc3ncccc32)c1. The number of thioether (sulfide) groups is 1. The molecule has 31 heavy (non-hydrogen) atoms. The lowest BCUT2D eigenvalue weighted by Gasteiger charge is -2.28. The molecule has 3 aromatic rings. The molecule has 0 bridgehead atoms. The van der Waals surface area contributed by atoms with E-state index in [9.17, 15) is 9.59 Å². The van der Waals surface area contributed by atoms with Crippen LogP contribution >= 0.6 is 11.8 Å². The second kappa shape index (κ2) is 10.1. The molecule has 6 nitrogen and oxygen atoms in total. The van der Waals surface area contributed by atoms with E-state index >= 15 is 0 Å². The number of nitrogens with one attached hydrogen (secondary N) is 2. The molecule has 158 valence electrons. The topological polar surface area (TPSA) is 74.3 Å². The highest BCUT2D eigenvalue weighted by molar-refractivity contribution is 7.99. The third kappa shape index (κ3) is 5.44. The second-order valence-electron chi connectivity index (χ2n) is 7.18. The highest BCUT2D eigenvalue weighted by Crippen LogP contribution is 2.32. The van der Waals surface area contributed by atoms with Gasteiger partial charge in [0.2, 0.25) is 0 Å². The third-order valence-electron chi connectivity index (χ3n) is 4.99. The average Bonchev–Trinajstić information content (AvgIpc) is 2.82. The van der Waals surface area contributed by atoms with Gasteiger partial charge in [-0.2, -0.15) is 0 Å². The Hall–Kier alpha value is -3.32. The number of urea groups is 1. The number of carbonyl (C=O) groups excluding carboxylic acids is 2. The lowest BCUT2D eigenvalue weighted by Crippen LogP contribution is -2.39. The summed E-state index contributed by atoms with van der Waals surface area (Å²) in [6.45, 7) is 1.20. The zero-order valence-electron chi connectivity index (χ0n) is 17.1. The number of anilines is 2. The Morgan fingerprint density at radius 3 is 2.77 bits per heavy atom. The molecule has 0 spiro atoms. The van der Waals surface area contributed by atoms with Crippen LogP contribution in [0.15, 0.2) is 78.0 Å². The monoisotopic (exact) mass is 432 g/mol. The first-order chi connectivity index (χ1) is 15.2. The summed E-state index contributed by atoms with van der Waals surface area (Å²) in [6.07, 6.45) is 3.52. The molecule has 1 aliphatic heterocycles. The van der Waals surface area contributed by atoms with Gasteiger partial charge < -0.3 is 10.6 Å². The molecule has 2 aromatic carbocycles. The van der Waals surface area contributed by atoms with Crippen LogP contribution in [0.2, 0.25) is 0 Å². The third-order valence-corrected chi connectivity index (χ3v) is 5.96. The van der Waals surface area contributed by atoms with Crippen LogP contribution in [0.3, 0.4) is 0 Å². The molecule has 1 aliphatic rings. The maximum Gasteiger partial charge on any atom is 0.326 e. The van der Waals surface area contributed by atoms with E-state index in [2.05, 4.69) is 27.8 Å². The highest BCUT2D eigenvalue weighted by atomic mass is 32.2. The number of pyridine rings is 1. The molecule has 7 heteroatoms. The minimum absolute atomic E-state index is 0.145. The summed E-state index contributed by atoms with van der Waals surface area (Å²) in [5.41, 5.74) is 3.18. The smallest absolute Gasteiger partial charge is 0.326 e. The van der Waals surface area contributed by atoms with Crippen molar-refractivity contribution in [2.45, 2.75) is 17.9 Å². The van der Waals surface area contributed by atoms with Crippen molar-refractivity contribution >= 4 is 35.1 Å². The quantitative estimate of drug-likeness (QED) is 0.559. The number of rotatable bonds is 6. The van der Waals surface area contributed by atoms with Crippen molar-refractivity contribution in [1.82, 2.24) is 10.3 Å². The minimum atomic E-state index is -0.227. The van der Waals surface area contributed by atoms with Gasteiger partial charge in [0.15, 0.2) is 0 Å². The molecule has 0 saturated carbocycles. The van der Waals surface area contributed by atoms with Crippen molar-refractivity contribution < 1.29 is 9.59 Å². The van der Waals surface area contributed by atoms with Crippen molar-refractivity contribution in [3.8, 4) is 0 Å². The van der Waals surface area contributed by atoms with Gasteiger partial charge in [-0.3, -0.25) is 9.69 Å². The number of aryl methyl sites for hydroxylation is 1. The van der Waals surface area contributed by atoms with E-state index in [1.807, 2.05) is 30.3 Å². The van der Waals surface area contributed by atoms with Gasteiger partial charge in [0.05, 0.1) is 5.69 Å². The van der Waals surface area contributed by atoms with Crippen molar-refractivity contribution in [3.05, 3.63) is 84.1 Å². The average molecular weight is 433 g/mol. The van der Waals surface area contributed by atoms with Crippen LogP contribution in [0.4, 0.5) is 16.2 Å². The first-order valence-electron chi connectivity index (χ1n) is 10.3. The van der Waals surface area contributed by atoms with Crippen LogP contribution in [-0.4, -0.2) is 35.8 Å². The molecular formula is C24H24N4O2S. The van der Waals surface area contributed by atoms with Crippen LogP contribution in [0, 0.1) is 0 Å². The number of aromatic nitrogens is 1. The van der Waals surface area contributed by atoms with Crippen LogP contribution < -0.4 is 15.5 Å². The second-order valence-corrected chi connectivity index (χ2v) is 8.27. The zero-order valence-corrected chi connectivity index (χ0v) is 17.9. The van der Waals surface area contributed by atoms with E-state index in [-0.39, 0.29) is 11.9 Å². The Morgan fingerprint density at radius 2 is 1.90 bits per heavy atom. The van der Waals surface area contributed by atoms with Crippen LogP contribution in [0.25, 0.3) is 0 Å². The molecule has 4 rings (SSSR count). The number of nitrogens with zero attached hydrogens (tertiary/aromatic N) is 2. The Labute approximate surface area is 186 Å². The van der Waals surface area contributed by atoms with Gasteiger partial charge in [-0.1, -0.05) is 36.4 Å². The number of hydrogen-bond acceptors (Lipinski definition) is 4. The van der Waals surface area contributed by atoms with Crippen LogP contribution in [-0.2, 0) is 6.42 Å². The van der Waals surface area contributed by atoms with Gasteiger partial charge in [0.25, 0.3) is 5.91 Å². The van der Waals surface area contributed by atoms with Gasteiger partial charge in [-0.15, -0.1) is 11.8 Å². The fourth-order valence-electron chi connectivity index (χ4n) is 3.43. The van der Waals surface area contributed by atoms with Crippen molar-refractivity contribution in [2.75, 3.05) is 29.1 Å². The van der Waals surface area contributed by atoms with E-state index < -0.39 is 0 Å². The summed E-state index contributed by atoms with van der Waals surface area (Å²) in [5, 5.41) is 6.71. The number of amides is 3. The highest BCUT2D eigenvalue weighted by Gasteiger charge is 2.23. The maximum atomic E-state index is 12.8. The van der Waals surface area contributed by atoms with E-state index in [1.165, 1.54) is 5.56 Å². The molecule has 3 amide bonds. The molecule has 0 atom stereocenters. The Balaban J connectivity index is 1.33. The predicted octanol–water partition coefficient (Wildman–Crippen LogP) is 4.59. The molecule has 0 unspecified atom stereocenters. The fraction of sp³-hybridized carbons (Fsp3) is 0.208. The summed E-state index contributed by atoms with van der Waals surface area (Å²) in [5.74, 6) is 0.649. The van der Waals surface area contributed by atoms with Crippen molar-refractivity contribution in [2.24, 2.45) is 0 Å². The van der Waals surface area contributed by atoms with E-state index in [0.717, 1.165) is 29.3 Å². The fourth-order valence-corrected chi connectivity index (χ4v) is 4.36. The number of benzene rings is 2. The van der Waals surface area contributed by atoms with E-state index in [1.54, 1.807) is 47.1 Å². The summed E-state index contributed by atoms with van der Waals surface area (Å²) in [4.78, 5) is 31.4. The van der Waals surface area contributed by atoms with Gasteiger partial charge in [0, 0.05) is 36.3 Å². The van der Waals surface area contributed by atoms with E-state index in [0.29, 0.717) is 24.3 Å². The van der Waals surface area contributed by atoms with E-state index in [4.69, 9.17) is 0 Å². The van der Waals surface area contributed by atoms with Gasteiger partial charge in [0.1, 0.15) is 5.03 Å². The van der Waals surface area contributed by atoms with Crippen molar-refractivity contribution in [1.29, 1.82) is 0 Å². The molecule has 0 fully saturated rings. The predicted molar refractivity (Wildman–Crippen MR) is 125 cm³/mol. The molecule has 0 aliphatic carbocycles. The molecule has 2 N–H and O–H groups in total. The van der Waals surface area contributed by atoms with Gasteiger partial charge in [-0.25, -0.2) is 9.78 Å². The maximum absolute atomic E-state index is 12.8. The Morgan fingerprint density at radius 1 is 1.03 bits per heavy atom. The van der Waals surface area contributed by atoms with Crippen LogP contribution in [0.1, 0.15) is 22.3 Å². The van der Waals surface area contributed by atoms with Crippen LogP contribution in [0.5, 0.6) is 0 Å². The number of hydrogen-bond donors (Lipinski definition) is 2. The molecule has 0 radical (unpaired) electrons. The Bertz CT molecular complexity index is 1060. The Kier molecular flexibility index (Phi) is 6.84. The first kappa shape index (κ1) is 20.9. The summed E-state index contributed by atoms with van der Waals surface area (Å²) >= 11 is 1.64. The van der Waals surface area contributed by atoms with Gasteiger partial charge in [-0.05, 0) is 48.7 Å². The standard InChI is InChI=1S/C24H24N4O2S/c29-22(25-13-5-9-18-7-2-1-3-8-18)19-10-4-11-20(17-19)27-24(30)28-15-16-31-23-21(28)12-6-14-26-23/h1-4,6-8,10-12,14,17H,5,9,13,15-16H2,(H,25,29)(H,27,30). The zero-order chi connectivity index (χ0) is 21.5. The molecule has 2 heterocycles. The van der Waals surface area contributed by atoms with Crippen molar-refractivity contribution in [3.63, 3.8) is 0 Å². The lowest BCUT2D eigenvalue weighted by atomic mass is 10.1. The molecule has 0 saturated heterocycles. The number of carbonyl (C=O) groups is 2. The first-order valence-corrected chi connectivity index (χ1v) is 11.3.